The maximum absolute atomic E-state index is 5.33. The fraction of sp³-hybridized carbons (Fsp3) is 0.333. The first kappa shape index (κ1) is 17.9. The molecular weight excluding hydrogens is 341 g/mol. The van der Waals surface area contributed by atoms with Gasteiger partial charge in [-0.25, -0.2) is 0 Å². The van der Waals surface area contributed by atoms with Crippen LogP contribution in [0.2, 0.25) is 15.8 Å². The third-order valence-corrected chi connectivity index (χ3v) is 16.9. The van der Waals surface area contributed by atoms with Crippen LogP contribution in [0.1, 0.15) is 31.9 Å². The van der Waals surface area contributed by atoms with Gasteiger partial charge in [0.15, 0.2) is 0 Å². The summed E-state index contributed by atoms with van der Waals surface area (Å²) in [7, 11) is 1.72. The summed E-state index contributed by atoms with van der Waals surface area (Å²) in [5.74, 6) is 0.926. The summed E-state index contributed by atoms with van der Waals surface area (Å²) in [4.78, 5) is 0. The van der Waals surface area contributed by atoms with Crippen LogP contribution in [0.15, 0.2) is 54.6 Å². The molecule has 0 unspecified atom stereocenters. The van der Waals surface area contributed by atoms with Gasteiger partial charge in [0.05, 0.1) is 0 Å². The Morgan fingerprint density at radius 3 is 1.91 bits per heavy atom. The van der Waals surface area contributed by atoms with E-state index in [9.17, 15) is 0 Å². The number of benzene rings is 2. The average Bonchev–Trinajstić information content (AvgIpc) is 2.63. The standard InChI is InChI=1S/C21H28GeO/c1-5-22(6-2,7-3)21(17-18-11-9-8-10-12-18)19-13-15-20(23-4)16-14-19/h8-17H,5-7H2,1-4H3/b21-17-. The first-order valence-corrected chi connectivity index (χ1v) is 14.1. The molecule has 0 heterocycles. The fourth-order valence-corrected chi connectivity index (χ4v) is 11.5. The van der Waals surface area contributed by atoms with Gasteiger partial charge < -0.3 is 0 Å². The molecule has 2 aromatic rings. The molecule has 0 aliphatic heterocycles. The monoisotopic (exact) mass is 370 g/mol. The van der Waals surface area contributed by atoms with Crippen molar-refractivity contribution < 1.29 is 4.74 Å². The summed E-state index contributed by atoms with van der Waals surface area (Å²) in [5.41, 5.74) is 2.68. The molecule has 0 amide bonds. The molecule has 1 nitrogen and oxygen atoms in total. The summed E-state index contributed by atoms with van der Waals surface area (Å²) in [6, 6.07) is 19.4. The average molecular weight is 369 g/mol. The zero-order chi connectivity index (χ0) is 16.7. The summed E-state index contributed by atoms with van der Waals surface area (Å²) in [5, 5.41) is 3.99. The van der Waals surface area contributed by atoms with E-state index in [-0.39, 0.29) is 0 Å². The minimum absolute atomic E-state index is 0.926. The second kappa shape index (κ2) is 8.40. The van der Waals surface area contributed by atoms with Gasteiger partial charge in [-0.2, -0.15) is 0 Å². The number of hydrogen-bond donors (Lipinski definition) is 0. The summed E-state index contributed by atoms with van der Waals surface area (Å²) >= 11 is -2.07. The van der Waals surface area contributed by atoms with Crippen molar-refractivity contribution in [1.29, 1.82) is 0 Å². The van der Waals surface area contributed by atoms with Crippen LogP contribution in [-0.4, -0.2) is 20.4 Å². The third-order valence-electron chi connectivity index (χ3n) is 5.11. The van der Waals surface area contributed by atoms with Crippen molar-refractivity contribution in [2.75, 3.05) is 7.11 Å². The van der Waals surface area contributed by atoms with Crippen molar-refractivity contribution in [3.8, 4) is 5.75 Å². The molecule has 23 heavy (non-hydrogen) atoms. The number of rotatable bonds is 7. The van der Waals surface area contributed by atoms with Gasteiger partial charge >= 0.3 is 144 Å². The molecule has 0 saturated heterocycles. The Labute approximate surface area is 143 Å². The van der Waals surface area contributed by atoms with Gasteiger partial charge in [0.2, 0.25) is 0 Å². The summed E-state index contributed by atoms with van der Waals surface area (Å²) in [6.07, 6.45) is 2.44. The predicted molar refractivity (Wildman–Crippen MR) is 105 cm³/mol. The first-order chi connectivity index (χ1) is 11.2. The molecule has 0 radical (unpaired) electrons. The van der Waals surface area contributed by atoms with E-state index in [2.05, 4.69) is 81.4 Å². The normalized spacial score (nSPS) is 12.3. The van der Waals surface area contributed by atoms with Crippen LogP contribution in [0.4, 0.5) is 0 Å². The second-order valence-electron chi connectivity index (χ2n) is 6.04. The van der Waals surface area contributed by atoms with Crippen LogP contribution in [0.3, 0.4) is 0 Å². The molecule has 0 saturated carbocycles. The number of hydrogen-bond acceptors (Lipinski definition) is 1. The molecule has 0 aliphatic carbocycles. The fourth-order valence-electron chi connectivity index (χ4n) is 3.35. The van der Waals surface area contributed by atoms with Crippen molar-refractivity contribution in [1.82, 2.24) is 0 Å². The zero-order valence-corrected chi connectivity index (χ0v) is 16.9. The van der Waals surface area contributed by atoms with Crippen LogP contribution in [0.5, 0.6) is 5.75 Å². The van der Waals surface area contributed by atoms with E-state index in [1.165, 1.54) is 26.9 Å². The molecule has 0 bridgehead atoms. The van der Waals surface area contributed by atoms with E-state index in [1.54, 1.807) is 11.5 Å². The van der Waals surface area contributed by atoms with E-state index in [1.807, 2.05) is 0 Å². The van der Waals surface area contributed by atoms with Crippen molar-refractivity contribution in [3.63, 3.8) is 0 Å². The van der Waals surface area contributed by atoms with Gasteiger partial charge in [0.25, 0.3) is 0 Å². The molecule has 0 spiro atoms. The van der Waals surface area contributed by atoms with Crippen molar-refractivity contribution in [3.05, 3.63) is 65.7 Å². The Bertz CT molecular complexity index is 616. The number of ether oxygens (including phenoxy) is 1. The Hall–Kier alpha value is -1.48. The van der Waals surface area contributed by atoms with E-state index in [0.29, 0.717) is 0 Å². The summed E-state index contributed by atoms with van der Waals surface area (Å²) < 4.78 is 6.94. The molecular formula is C21H28GeO. The van der Waals surface area contributed by atoms with Crippen molar-refractivity contribution in [2.45, 2.75) is 36.5 Å². The van der Waals surface area contributed by atoms with Crippen LogP contribution in [0.25, 0.3) is 10.5 Å². The van der Waals surface area contributed by atoms with E-state index in [0.717, 1.165) is 5.75 Å². The van der Waals surface area contributed by atoms with Gasteiger partial charge in [-0.05, 0) is 0 Å². The molecule has 122 valence electrons. The maximum atomic E-state index is 5.33. The Morgan fingerprint density at radius 2 is 1.43 bits per heavy atom. The van der Waals surface area contributed by atoms with E-state index < -0.39 is 13.3 Å². The Kier molecular flexibility index (Phi) is 6.52. The molecule has 0 aliphatic rings. The predicted octanol–water partition coefficient (Wildman–Crippen LogP) is 6.28. The molecule has 2 aromatic carbocycles. The summed E-state index contributed by atoms with van der Waals surface area (Å²) in [6.45, 7) is 7.15. The van der Waals surface area contributed by atoms with Gasteiger partial charge in [0, 0.05) is 0 Å². The van der Waals surface area contributed by atoms with E-state index in [4.69, 9.17) is 4.74 Å². The quantitative estimate of drug-likeness (QED) is 0.412. The molecule has 0 N–H and O–H groups in total. The van der Waals surface area contributed by atoms with Crippen LogP contribution >= 0.6 is 0 Å². The van der Waals surface area contributed by atoms with Gasteiger partial charge in [-0.15, -0.1) is 0 Å². The third kappa shape index (κ3) is 4.08. The van der Waals surface area contributed by atoms with Crippen molar-refractivity contribution >= 4 is 23.7 Å². The topological polar surface area (TPSA) is 9.23 Å². The molecule has 2 heteroatoms. The van der Waals surface area contributed by atoms with Crippen LogP contribution < -0.4 is 4.74 Å². The first-order valence-electron chi connectivity index (χ1n) is 8.60. The second-order valence-corrected chi connectivity index (χ2v) is 17.0. The molecule has 0 aromatic heterocycles. The number of methoxy groups -OCH3 is 1. The van der Waals surface area contributed by atoms with Crippen LogP contribution in [-0.2, 0) is 0 Å². The zero-order valence-electron chi connectivity index (χ0n) is 14.8. The van der Waals surface area contributed by atoms with E-state index >= 15 is 0 Å². The van der Waals surface area contributed by atoms with Gasteiger partial charge in [0.1, 0.15) is 0 Å². The Balaban J connectivity index is 2.56. The molecule has 2 rings (SSSR count). The van der Waals surface area contributed by atoms with Gasteiger partial charge in [-0.3, -0.25) is 0 Å². The minimum atomic E-state index is -2.07. The Morgan fingerprint density at radius 1 is 0.870 bits per heavy atom. The molecule has 0 atom stereocenters. The van der Waals surface area contributed by atoms with Crippen LogP contribution in [0, 0.1) is 0 Å². The van der Waals surface area contributed by atoms with Gasteiger partial charge in [-0.1, -0.05) is 0 Å². The SMILES string of the molecule is C[CH2][Ge]([CH2]C)([CH2]C)/[C](=C\c1ccccc1)c1ccc(OC)cc1. The molecule has 0 fully saturated rings. The van der Waals surface area contributed by atoms with Crippen molar-refractivity contribution in [2.24, 2.45) is 0 Å².